The Bertz CT molecular complexity index is 41.2. The summed E-state index contributed by atoms with van der Waals surface area (Å²) in [7, 11) is 4.10. The first-order valence-electron chi connectivity index (χ1n) is 2.48. The van der Waals surface area contributed by atoms with Crippen LogP contribution in [-0.2, 0) is 0 Å². The quantitative estimate of drug-likeness (QED) is 0.622. The molecule has 0 aromatic heterocycles. The molecular formula is C5H14Cl3N. The molecular weight excluding hydrogens is 180 g/mol. The van der Waals surface area contributed by atoms with E-state index in [-0.39, 0.29) is 24.8 Å². The van der Waals surface area contributed by atoms with Gasteiger partial charge >= 0.3 is 0 Å². The molecule has 0 unspecified atom stereocenters. The molecule has 60 valence electrons. The summed E-state index contributed by atoms with van der Waals surface area (Å²) in [5.41, 5.74) is 0. The Morgan fingerprint density at radius 2 is 1.67 bits per heavy atom. The van der Waals surface area contributed by atoms with Crippen LogP contribution in [0.3, 0.4) is 0 Å². The summed E-state index contributed by atoms with van der Waals surface area (Å²) in [6.07, 6.45) is 1.09. The molecule has 0 spiro atoms. The zero-order valence-electron chi connectivity index (χ0n) is 5.76. The van der Waals surface area contributed by atoms with Crippen LogP contribution in [0, 0.1) is 0 Å². The standard InChI is InChI=1S/C5H12ClN.2ClH/c1-7(2)5-3-4-6;;/h3-5H2,1-2H3;2*1H. The summed E-state index contributed by atoms with van der Waals surface area (Å²) in [5, 5.41) is 0. The Labute approximate surface area is 74.6 Å². The largest absolute Gasteiger partial charge is 0.309 e. The van der Waals surface area contributed by atoms with E-state index in [2.05, 4.69) is 4.90 Å². The lowest BCUT2D eigenvalue weighted by Crippen LogP contribution is -2.12. The molecule has 0 bridgehead atoms. The van der Waals surface area contributed by atoms with E-state index < -0.39 is 0 Å². The lowest BCUT2D eigenvalue weighted by atomic mass is 10.5. The van der Waals surface area contributed by atoms with E-state index in [0.29, 0.717) is 0 Å². The molecule has 0 saturated carbocycles. The highest BCUT2D eigenvalue weighted by molar-refractivity contribution is 6.17. The van der Waals surface area contributed by atoms with Crippen LogP contribution in [0.2, 0.25) is 0 Å². The Morgan fingerprint density at radius 3 is 1.78 bits per heavy atom. The Hall–Kier alpha value is 0.830. The second-order valence-electron chi connectivity index (χ2n) is 1.85. The summed E-state index contributed by atoms with van der Waals surface area (Å²) in [6.45, 7) is 1.10. The van der Waals surface area contributed by atoms with E-state index in [1.165, 1.54) is 0 Å². The molecule has 0 amide bonds. The van der Waals surface area contributed by atoms with E-state index in [4.69, 9.17) is 11.6 Å². The zero-order valence-corrected chi connectivity index (χ0v) is 8.15. The third kappa shape index (κ3) is 17.7. The van der Waals surface area contributed by atoms with Crippen LogP contribution >= 0.6 is 36.4 Å². The minimum Gasteiger partial charge on any atom is -0.309 e. The lowest BCUT2D eigenvalue weighted by molar-refractivity contribution is 0.409. The van der Waals surface area contributed by atoms with E-state index in [9.17, 15) is 0 Å². The van der Waals surface area contributed by atoms with Crippen molar-refractivity contribution < 1.29 is 0 Å². The van der Waals surface area contributed by atoms with E-state index in [0.717, 1.165) is 18.8 Å². The van der Waals surface area contributed by atoms with Gasteiger partial charge in [0.2, 0.25) is 0 Å². The lowest BCUT2D eigenvalue weighted by Gasteiger charge is -2.05. The molecule has 0 fully saturated rings. The fourth-order valence-electron chi connectivity index (χ4n) is 0.376. The monoisotopic (exact) mass is 193 g/mol. The van der Waals surface area contributed by atoms with Crippen molar-refractivity contribution in [2.24, 2.45) is 0 Å². The summed E-state index contributed by atoms with van der Waals surface area (Å²) >= 11 is 5.42. The van der Waals surface area contributed by atoms with Gasteiger partial charge in [-0.25, -0.2) is 0 Å². The van der Waals surface area contributed by atoms with Crippen LogP contribution in [-0.4, -0.2) is 31.4 Å². The molecule has 4 heteroatoms. The molecule has 0 atom stereocenters. The molecule has 1 nitrogen and oxygen atoms in total. The van der Waals surface area contributed by atoms with Crippen LogP contribution in [0.4, 0.5) is 0 Å². The zero-order chi connectivity index (χ0) is 5.70. The van der Waals surface area contributed by atoms with Gasteiger partial charge in [-0.15, -0.1) is 36.4 Å². The molecule has 0 aliphatic rings. The molecule has 0 aliphatic carbocycles. The molecule has 0 aromatic rings. The number of hydrogen-bond acceptors (Lipinski definition) is 1. The highest BCUT2D eigenvalue weighted by Crippen LogP contribution is 1.84. The average Bonchev–Trinajstić information content (AvgIpc) is 1.61. The van der Waals surface area contributed by atoms with Crippen LogP contribution in [0.25, 0.3) is 0 Å². The fourth-order valence-corrected chi connectivity index (χ4v) is 0.496. The van der Waals surface area contributed by atoms with E-state index >= 15 is 0 Å². The normalized spacial score (nSPS) is 8.00. The second-order valence-corrected chi connectivity index (χ2v) is 2.22. The van der Waals surface area contributed by atoms with Crippen molar-refractivity contribution in [1.29, 1.82) is 0 Å². The molecule has 0 saturated heterocycles. The third-order valence-electron chi connectivity index (χ3n) is 0.739. The SMILES string of the molecule is CN(C)CCCCl.Cl.Cl. The van der Waals surface area contributed by atoms with Crippen LogP contribution < -0.4 is 0 Å². The number of rotatable bonds is 3. The topological polar surface area (TPSA) is 3.24 Å². The van der Waals surface area contributed by atoms with Crippen molar-refractivity contribution in [3.05, 3.63) is 0 Å². The van der Waals surface area contributed by atoms with Gasteiger partial charge in [0.15, 0.2) is 0 Å². The van der Waals surface area contributed by atoms with Gasteiger partial charge < -0.3 is 4.90 Å². The number of nitrogens with zero attached hydrogens (tertiary/aromatic N) is 1. The van der Waals surface area contributed by atoms with Gasteiger partial charge in [-0.1, -0.05) is 0 Å². The first-order chi connectivity index (χ1) is 3.27. The summed E-state index contributed by atoms with van der Waals surface area (Å²) in [4.78, 5) is 2.13. The van der Waals surface area contributed by atoms with Gasteiger partial charge in [-0.05, 0) is 27.1 Å². The number of halogens is 3. The van der Waals surface area contributed by atoms with Gasteiger partial charge in [0.05, 0.1) is 0 Å². The van der Waals surface area contributed by atoms with E-state index in [1.54, 1.807) is 0 Å². The Morgan fingerprint density at radius 1 is 1.22 bits per heavy atom. The van der Waals surface area contributed by atoms with Crippen LogP contribution in [0.15, 0.2) is 0 Å². The predicted molar refractivity (Wildman–Crippen MR) is 48.4 cm³/mol. The average molecular weight is 195 g/mol. The van der Waals surface area contributed by atoms with Gasteiger partial charge in [0.25, 0.3) is 0 Å². The highest BCUT2D eigenvalue weighted by Gasteiger charge is 1.84. The summed E-state index contributed by atoms with van der Waals surface area (Å²) < 4.78 is 0. The molecule has 0 aromatic carbocycles. The van der Waals surface area contributed by atoms with Gasteiger partial charge in [0.1, 0.15) is 0 Å². The Balaban J connectivity index is -0.000000180. The predicted octanol–water partition coefficient (Wildman–Crippen LogP) is 2.02. The first-order valence-corrected chi connectivity index (χ1v) is 3.01. The molecule has 0 N–H and O–H groups in total. The first kappa shape index (κ1) is 16.4. The molecule has 0 rings (SSSR count). The third-order valence-corrected chi connectivity index (χ3v) is 1.01. The van der Waals surface area contributed by atoms with Crippen molar-refractivity contribution in [2.45, 2.75) is 6.42 Å². The number of alkyl halides is 1. The van der Waals surface area contributed by atoms with Crippen molar-refractivity contribution >= 4 is 36.4 Å². The highest BCUT2D eigenvalue weighted by atomic mass is 35.5. The summed E-state index contributed by atoms with van der Waals surface area (Å²) in [6, 6.07) is 0. The van der Waals surface area contributed by atoms with Crippen LogP contribution in [0.5, 0.6) is 0 Å². The van der Waals surface area contributed by atoms with Crippen LogP contribution in [0.1, 0.15) is 6.42 Å². The Kier molecular flexibility index (Phi) is 21.2. The van der Waals surface area contributed by atoms with Gasteiger partial charge in [0, 0.05) is 5.88 Å². The fraction of sp³-hybridized carbons (Fsp3) is 1.00. The maximum Gasteiger partial charge on any atom is 0.0235 e. The van der Waals surface area contributed by atoms with Crippen molar-refractivity contribution in [3.8, 4) is 0 Å². The van der Waals surface area contributed by atoms with E-state index in [1.807, 2.05) is 14.1 Å². The van der Waals surface area contributed by atoms with Crippen molar-refractivity contribution in [2.75, 3.05) is 26.5 Å². The molecule has 9 heavy (non-hydrogen) atoms. The van der Waals surface area contributed by atoms with Crippen molar-refractivity contribution in [1.82, 2.24) is 4.90 Å². The summed E-state index contributed by atoms with van der Waals surface area (Å²) in [5.74, 6) is 0.776. The number of hydrogen-bond donors (Lipinski definition) is 0. The maximum absolute atomic E-state index is 5.42. The minimum atomic E-state index is 0. The minimum absolute atomic E-state index is 0. The smallest absolute Gasteiger partial charge is 0.0235 e. The molecule has 0 radical (unpaired) electrons. The van der Waals surface area contributed by atoms with Gasteiger partial charge in [-0.3, -0.25) is 0 Å². The second kappa shape index (κ2) is 11.6. The van der Waals surface area contributed by atoms with Gasteiger partial charge in [-0.2, -0.15) is 0 Å². The maximum atomic E-state index is 5.42. The van der Waals surface area contributed by atoms with Crippen molar-refractivity contribution in [3.63, 3.8) is 0 Å². The molecule has 0 heterocycles. The molecule has 0 aliphatic heterocycles.